The molecule has 290 valence electrons. The number of benzene rings is 9. The second-order valence-electron chi connectivity index (χ2n) is 16.1. The Labute approximate surface area is 356 Å². The summed E-state index contributed by atoms with van der Waals surface area (Å²) in [5.74, 6) is -0.109. The number of hydrogen-bond donors (Lipinski definition) is 0. The largest absolute Gasteiger partial charge is 0.307 e. The molecule has 1 amide bonds. The van der Waals surface area contributed by atoms with E-state index in [4.69, 9.17) is 0 Å². The van der Waals surface area contributed by atoms with E-state index in [0.717, 1.165) is 83.3 Å². The molecule has 1 aliphatic heterocycles. The number of aromatic nitrogens is 3. The second-order valence-corrected chi connectivity index (χ2v) is 16.1. The molecule has 3 aromatic heterocycles. The van der Waals surface area contributed by atoms with Gasteiger partial charge in [-0.15, -0.1) is 0 Å². The molecule has 4 heterocycles. The molecule has 0 spiro atoms. The summed E-state index contributed by atoms with van der Waals surface area (Å²) in [6, 6.07) is 72.4. The first-order chi connectivity index (χ1) is 30.7. The number of nitrogens with zero attached hydrogens (tertiary/aromatic N) is 4. The maximum atomic E-state index is 15.5. The third-order valence-electron chi connectivity index (χ3n) is 12.9. The van der Waals surface area contributed by atoms with Gasteiger partial charge in [0, 0.05) is 43.4 Å². The first kappa shape index (κ1) is 34.5. The van der Waals surface area contributed by atoms with Crippen molar-refractivity contribution in [2.45, 2.75) is 0 Å². The van der Waals surface area contributed by atoms with Gasteiger partial charge in [0.05, 0.1) is 67.1 Å². The zero-order chi connectivity index (χ0) is 41.1. The van der Waals surface area contributed by atoms with Gasteiger partial charge < -0.3 is 13.7 Å². The number of carbonyl (C=O) groups is 1. The molecule has 0 radical (unpaired) electrons. The zero-order valence-corrected chi connectivity index (χ0v) is 33.5. The zero-order valence-electron chi connectivity index (χ0n) is 33.5. The van der Waals surface area contributed by atoms with E-state index in [1.165, 1.54) is 21.5 Å². The van der Waals surface area contributed by atoms with Crippen molar-refractivity contribution in [2.24, 2.45) is 0 Å². The molecule has 1 aliphatic rings. The van der Waals surface area contributed by atoms with Crippen molar-refractivity contribution < 1.29 is 4.79 Å². The van der Waals surface area contributed by atoms with Gasteiger partial charge in [-0.25, -0.2) is 0 Å². The van der Waals surface area contributed by atoms with Gasteiger partial charge in [0.2, 0.25) is 0 Å². The molecule has 5 nitrogen and oxygen atoms in total. The molecule has 0 fully saturated rings. The van der Waals surface area contributed by atoms with Crippen LogP contribution < -0.4 is 4.90 Å². The summed E-state index contributed by atoms with van der Waals surface area (Å²) in [4.78, 5) is 17.4. The minimum Gasteiger partial charge on any atom is -0.307 e. The number of amides is 1. The van der Waals surface area contributed by atoms with Crippen LogP contribution in [0.3, 0.4) is 0 Å². The summed E-state index contributed by atoms with van der Waals surface area (Å²) in [5.41, 5.74) is 14.2. The van der Waals surface area contributed by atoms with Gasteiger partial charge in [-0.2, -0.15) is 0 Å². The number of para-hydroxylation sites is 7. The van der Waals surface area contributed by atoms with Crippen LogP contribution in [-0.2, 0) is 0 Å². The van der Waals surface area contributed by atoms with Gasteiger partial charge in [0.15, 0.2) is 0 Å². The summed E-state index contributed by atoms with van der Waals surface area (Å²) >= 11 is 0. The van der Waals surface area contributed by atoms with E-state index < -0.39 is 0 Å². The van der Waals surface area contributed by atoms with Crippen molar-refractivity contribution in [1.29, 1.82) is 0 Å². The highest BCUT2D eigenvalue weighted by Crippen LogP contribution is 2.47. The molecule has 0 saturated heterocycles. The van der Waals surface area contributed by atoms with Crippen molar-refractivity contribution in [3.05, 3.63) is 224 Å². The number of fused-ring (bicyclic) bond motifs is 10. The first-order valence-corrected chi connectivity index (χ1v) is 21.0. The Balaban J connectivity index is 1.17. The van der Waals surface area contributed by atoms with Crippen LogP contribution in [0.25, 0.3) is 99.3 Å². The summed E-state index contributed by atoms with van der Waals surface area (Å²) in [6.07, 6.45) is 0. The monoisotopic (exact) mass is 792 g/mol. The SMILES string of the molecule is C=C1c2cccc(-n3c4c(-n5c6ccccc6c6ccccc65)cccc4c4cccc(-n5c6ccccc6c6ccccc65)c43)c2C(=O)N1c1ccccc1-c1ccccc1. The standard InChI is InChI=1S/C57H36N4O/c1-36-38-25-15-33-51(54(38)57(62)58(36)46-28-10-5-20-39(46)37-18-3-2-4-19-37)61-55-44(26-16-34-52(55)59-47-29-11-6-21-40(47)41-22-7-12-30-48(41)59)45-27-17-35-53(56(45)61)60-49-31-13-8-23-42(49)43-24-9-14-32-50(43)60/h2-35H,1H2. The van der Waals surface area contributed by atoms with Crippen LogP contribution in [0, 0.1) is 0 Å². The van der Waals surface area contributed by atoms with Crippen molar-refractivity contribution in [1.82, 2.24) is 13.7 Å². The van der Waals surface area contributed by atoms with Crippen LogP contribution in [0.2, 0.25) is 0 Å². The normalized spacial score (nSPS) is 12.9. The molecule has 5 heteroatoms. The van der Waals surface area contributed by atoms with Gasteiger partial charge in [-0.3, -0.25) is 9.69 Å². The summed E-state index contributed by atoms with van der Waals surface area (Å²) in [7, 11) is 0. The Bertz CT molecular complexity index is 3590. The van der Waals surface area contributed by atoms with Crippen molar-refractivity contribution >= 4 is 82.7 Å². The number of carbonyl (C=O) groups excluding carboxylic acids is 1. The lowest BCUT2D eigenvalue weighted by Gasteiger charge is -2.21. The van der Waals surface area contributed by atoms with Crippen LogP contribution in [0.1, 0.15) is 15.9 Å². The Morgan fingerprint density at radius 2 is 0.710 bits per heavy atom. The predicted octanol–water partition coefficient (Wildman–Crippen LogP) is 14.3. The highest BCUT2D eigenvalue weighted by molar-refractivity contribution is 6.26. The molecule has 0 unspecified atom stereocenters. The summed E-state index contributed by atoms with van der Waals surface area (Å²) in [6.45, 7) is 4.63. The highest BCUT2D eigenvalue weighted by atomic mass is 16.2. The van der Waals surface area contributed by atoms with Crippen LogP contribution in [-0.4, -0.2) is 19.6 Å². The van der Waals surface area contributed by atoms with E-state index in [2.05, 4.69) is 184 Å². The molecule has 0 aliphatic carbocycles. The third-order valence-corrected chi connectivity index (χ3v) is 12.9. The number of anilines is 1. The summed E-state index contributed by atoms with van der Waals surface area (Å²) < 4.78 is 7.17. The molecule has 0 saturated carbocycles. The Morgan fingerprint density at radius 3 is 1.24 bits per heavy atom. The maximum Gasteiger partial charge on any atom is 0.265 e. The molecule has 62 heavy (non-hydrogen) atoms. The van der Waals surface area contributed by atoms with Crippen LogP contribution in [0.4, 0.5) is 5.69 Å². The topological polar surface area (TPSA) is 35.1 Å². The van der Waals surface area contributed by atoms with Gasteiger partial charge in [-0.1, -0.05) is 164 Å². The molecule has 0 N–H and O–H groups in total. The fourth-order valence-corrected chi connectivity index (χ4v) is 10.4. The second kappa shape index (κ2) is 13.0. The summed E-state index contributed by atoms with van der Waals surface area (Å²) in [5, 5.41) is 6.94. The molecule has 9 aromatic carbocycles. The van der Waals surface area contributed by atoms with Crippen LogP contribution in [0.15, 0.2) is 213 Å². The van der Waals surface area contributed by atoms with E-state index in [1.807, 2.05) is 47.4 Å². The number of hydrogen-bond acceptors (Lipinski definition) is 1. The Kier molecular flexibility index (Phi) is 7.25. The van der Waals surface area contributed by atoms with Crippen molar-refractivity contribution in [3.8, 4) is 28.2 Å². The predicted molar refractivity (Wildman–Crippen MR) is 257 cm³/mol. The lowest BCUT2D eigenvalue weighted by molar-refractivity contribution is 0.101. The Morgan fingerprint density at radius 1 is 0.323 bits per heavy atom. The average molecular weight is 793 g/mol. The fourth-order valence-electron chi connectivity index (χ4n) is 10.4. The minimum atomic E-state index is -0.109. The van der Waals surface area contributed by atoms with Crippen LogP contribution >= 0.6 is 0 Å². The lowest BCUT2D eigenvalue weighted by Crippen LogP contribution is -2.23. The van der Waals surface area contributed by atoms with Gasteiger partial charge in [0.25, 0.3) is 5.91 Å². The Hall–Kier alpha value is -8.41. The quantitative estimate of drug-likeness (QED) is 0.171. The molecule has 12 aromatic rings. The molecule has 0 atom stereocenters. The highest BCUT2D eigenvalue weighted by Gasteiger charge is 2.37. The maximum absolute atomic E-state index is 15.5. The van der Waals surface area contributed by atoms with E-state index >= 15 is 4.79 Å². The van der Waals surface area contributed by atoms with Gasteiger partial charge in [-0.05, 0) is 54.1 Å². The van der Waals surface area contributed by atoms with Crippen molar-refractivity contribution in [3.63, 3.8) is 0 Å². The van der Waals surface area contributed by atoms with E-state index in [9.17, 15) is 0 Å². The van der Waals surface area contributed by atoms with Gasteiger partial charge in [0.1, 0.15) is 0 Å². The average Bonchev–Trinajstić information content (AvgIpc) is 4.04. The fraction of sp³-hybridized carbons (Fsp3) is 0. The number of rotatable bonds is 5. The van der Waals surface area contributed by atoms with E-state index in [-0.39, 0.29) is 5.91 Å². The molecule has 13 rings (SSSR count). The first-order valence-electron chi connectivity index (χ1n) is 21.0. The third kappa shape index (κ3) is 4.65. The smallest absolute Gasteiger partial charge is 0.265 e. The van der Waals surface area contributed by atoms with Crippen molar-refractivity contribution in [2.75, 3.05) is 4.90 Å². The molecular formula is C57H36N4O. The lowest BCUT2D eigenvalue weighted by atomic mass is 10.0. The van der Waals surface area contributed by atoms with E-state index in [1.54, 1.807) is 0 Å². The molecular weight excluding hydrogens is 757 g/mol. The molecule has 0 bridgehead atoms. The minimum absolute atomic E-state index is 0.109. The van der Waals surface area contributed by atoms with E-state index in [0.29, 0.717) is 11.3 Å². The van der Waals surface area contributed by atoms with Crippen LogP contribution in [0.5, 0.6) is 0 Å². The van der Waals surface area contributed by atoms with Gasteiger partial charge >= 0.3 is 0 Å².